The molecule has 0 radical (unpaired) electrons. The van der Waals surface area contributed by atoms with Crippen LogP contribution in [0.15, 0.2) is 24.3 Å². The molecule has 2 saturated carbocycles. The van der Waals surface area contributed by atoms with Crippen LogP contribution in [0.4, 0.5) is 13.2 Å². The summed E-state index contributed by atoms with van der Waals surface area (Å²) < 4.78 is 39.7. The van der Waals surface area contributed by atoms with Crippen molar-refractivity contribution in [1.29, 1.82) is 0 Å². The van der Waals surface area contributed by atoms with E-state index in [2.05, 4.69) is 30.9 Å². The van der Waals surface area contributed by atoms with Gasteiger partial charge in [-0.15, -0.1) is 0 Å². The Morgan fingerprint density at radius 2 is 1.29 bits per heavy atom. The molecule has 0 spiro atoms. The van der Waals surface area contributed by atoms with Crippen LogP contribution >= 0.6 is 7.92 Å². The van der Waals surface area contributed by atoms with Gasteiger partial charge in [-0.3, -0.25) is 4.90 Å². The number of hydrogen-bond acceptors (Lipinski definition) is 2. The molecule has 0 bridgehead atoms. The van der Waals surface area contributed by atoms with Crippen LogP contribution in [0.3, 0.4) is 0 Å². The van der Waals surface area contributed by atoms with E-state index in [0.29, 0.717) is 0 Å². The van der Waals surface area contributed by atoms with Gasteiger partial charge in [-0.05, 0) is 75.8 Å². The average molecular weight is 457 g/mol. The van der Waals surface area contributed by atoms with Crippen molar-refractivity contribution < 1.29 is 13.2 Å². The molecule has 176 valence electrons. The molecule has 2 aliphatic carbocycles. The van der Waals surface area contributed by atoms with Crippen LogP contribution in [0.1, 0.15) is 81.1 Å². The fraction of sp³-hybridized carbons (Fsp3) is 0.760. The third kappa shape index (κ3) is 6.92. The molecule has 0 amide bonds. The fourth-order valence-electron chi connectivity index (χ4n) is 5.43. The van der Waals surface area contributed by atoms with Crippen LogP contribution in [0, 0.1) is 0 Å². The number of rotatable bonds is 8. The van der Waals surface area contributed by atoms with Crippen molar-refractivity contribution >= 4 is 7.92 Å². The molecule has 31 heavy (non-hydrogen) atoms. The summed E-state index contributed by atoms with van der Waals surface area (Å²) in [6, 6.07) is 6.16. The van der Waals surface area contributed by atoms with E-state index >= 15 is 0 Å². The number of alkyl halides is 3. The van der Waals surface area contributed by atoms with Crippen molar-refractivity contribution in [1.82, 2.24) is 9.80 Å². The lowest BCUT2D eigenvalue weighted by Gasteiger charge is -2.46. The molecule has 6 heteroatoms. The second kappa shape index (κ2) is 11.5. The first-order valence-corrected chi connectivity index (χ1v) is 13.6. The molecule has 0 saturated heterocycles. The lowest BCUT2D eigenvalue weighted by Crippen LogP contribution is -2.35. The van der Waals surface area contributed by atoms with Crippen LogP contribution in [-0.4, -0.2) is 55.4 Å². The lowest BCUT2D eigenvalue weighted by atomic mass is 9.99. The second-order valence-electron chi connectivity index (χ2n) is 9.81. The SMILES string of the molecule is CN(C)CCN(C)C(c1ccc(C(F)(F)F)cc1)P(C1CCCCC1)C1CCCCC1. The third-order valence-corrected chi connectivity index (χ3v) is 11.1. The van der Waals surface area contributed by atoms with Gasteiger partial charge in [0, 0.05) is 13.1 Å². The molecule has 1 unspecified atom stereocenters. The highest BCUT2D eigenvalue weighted by atomic mass is 31.1. The highest BCUT2D eigenvalue weighted by Crippen LogP contribution is 2.65. The zero-order chi connectivity index (χ0) is 22.4. The van der Waals surface area contributed by atoms with Gasteiger partial charge in [0.1, 0.15) is 0 Å². The summed E-state index contributed by atoms with van der Waals surface area (Å²) in [5.74, 6) is 0.253. The second-order valence-corrected chi connectivity index (χ2v) is 12.7. The molecule has 1 atom stereocenters. The molecule has 0 heterocycles. The molecule has 2 nitrogen and oxygen atoms in total. The minimum atomic E-state index is -4.28. The molecule has 3 rings (SSSR count). The van der Waals surface area contributed by atoms with Crippen molar-refractivity contribution in [2.45, 2.75) is 87.5 Å². The summed E-state index contributed by atoms with van der Waals surface area (Å²) in [4.78, 5) is 4.67. The van der Waals surface area contributed by atoms with E-state index in [0.717, 1.165) is 30.0 Å². The minimum Gasteiger partial charge on any atom is -0.308 e. The van der Waals surface area contributed by atoms with Gasteiger partial charge >= 0.3 is 6.18 Å². The third-order valence-electron chi connectivity index (χ3n) is 7.13. The van der Waals surface area contributed by atoms with E-state index in [4.69, 9.17) is 0 Å². The lowest BCUT2D eigenvalue weighted by molar-refractivity contribution is -0.137. The molecule has 0 aliphatic heterocycles. The average Bonchev–Trinajstić information content (AvgIpc) is 2.76. The quantitative estimate of drug-likeness (QED) is 0.378. The number of likely N-dealkylation sites (N-methyl/N-ethyl adjacent to an activating group) is 2. The Balaban J connectivity index is 1.95. The maximum atomic E-state index is 13.2. The zero-order valence-electron chi connectivity index (χ0n) is 19.5. The van der Waals surface area contributed by atoms with E-state index in [1.165, 1.54) is 76.3 Å². The van der Waals surface area contributed by atoms with Gasteiger partial charge < -0.3 is 4.90 Å². The van der Waals surface area contributed by atoms with E-state index in [1.54, 1.807) is 12.1 Å². The van der Waals surface area contributed by atoms with Crippen LogP contribution in [0.2, 0.25) is 0 Å². The minimum absolute atomic E-state index is 0.253. The van der Waals surface area contributed by atoms with Crippen molar-refractivity contribution in [3.8, 4) is 0 Å². The van der Waals surface area contributed by atoms with Crippen LogP contribution < -0.4 is 0 Å². The monoisotopic (exact) mass is 456 g/mol. The highest BCUT2D eigenvalue weighted by molar-refractivity contribution is 7.59. The van der Waals surface area contributed by atoms with Gasteiger partial charge in [0.05, 0.1) is 11.3 Å². The first-order chi connectivity index (χ1) is 14.8. The summed E-state index contributed by atoms with van der Waals surface area (Å²) in [6.45, 7) is 1.91. The Bertz CT molecular complexity index is 632. The maximum absolute atomic E-state index is 13.2. The zero-order valence-corrected chi connectivity index (χ0v) is 20.4. The molecule has 0 aromatic heterocycles. The van der Waals surface area contributed by atoms with E-state index < -0.39 is 11.7 Å². The maximum Gasteiger partial charge on any atom is 0.416 e. The number of hydrogen-bond donors (Lipinski definition) is 0. The first kappa shape index (κ1) is 25.0. The molecule has 2 aliphatic rings. The summed E-state index contributed by atoms with van der Waals surface area (Å²) >= 11 is 0. The summed E-state index contributed by atoms with van der Waals surface area (Å²) in [6.07, 6.45) is 8.90. The fourth-order valence-corrected chi connectivity index (χ4v) is 9.84. The Morgan fingerprint density at radius 3 is 1.71 bits per heavy atom. The van der Waals surface area contributed by atoms with Gasteiger partial charge in [-0.2, -0.15) is 13.2 Å². The predicted molar refractivity (Wildman–Crippen MR) is 126 cm³/mol. The van der Waals surface area contributed by atoms with Crippen LogP contribution in [0.5, 0.6) is 0 Å². The Labute approximate surface area is 188 Å². The molecule has 0 N–H and O–H groups in total. The Kier molecular flexibility index (Phi) is 9.25. The van der Waals surface area contributed by atoms with Gasteiger partial charge in [0.25, 0.3) is 0 Å². The van der Waals surface area contributed by atoms with Gasteiger partial charge in [-0.1, -0.05) is 58.6 Å². The van der Waals surface area contributed by atoms with E-state index in [9.17, 15) is 13.2 Å². The Hall–Kier alpha value is -0.640. The van der Waals surface area contributed by atoms with E-state index in [1.807, 2.05) is 0 Å². The predicted octanol–water partition coefficient (Wildman–Crippen LogP) is 7.34. The number of nitrogens with zero attached hydrogens (tertiary/aromatic N) is 2. The topological polar surface area (TPSA) is 6.48 Å². The smallest absolute Gasteiger partial charge is 0.308 e. The van der Waals surface area contributed by atoms with Gasteiger partial charge in [0.2, 0.25) is 0 Å². The number of halogens is 3. The van der Waals surface area contributed by atoms with E-state index in [-0.39, 0.29) is 13.7 Å². The summed E-state index contributed by atoms with van der Waals surface area (Å²) in [7, 11) is 6.06. The molecule has 2 fully saturated rings. The van der Waals surface area contributed by atoms with Crippen molar-refractivity contribution in [2.75, 3.05) is 34.2 Å². The largest absolute Gasteiger partial charge is 0.416 e. The van der Waals surface area contributed by atoms with Crippen molar-refractivity contribution in [3.05, 3.63) is 35.4 Å². The Morgan fingerprint density at radius 1 is 0.806 bits per heavy atom. The normalized spacial score (nSPS) is 20.7. The van der Waals surface area contributed by atoms with Crippen LogP contribution in [-0.2, 0) is 6.18 Å². The standard InChI is InChI=1S/C25H40F3N2P/c1-29(2)18-19-30(3)24(20-14-16-21(17-15-20)25(26,27)28)31(22-10-6-4-7-11-22)23-12-8-5-9-13-23/h14-17,22-24H,4-13,18-19H2,1-3H3. The highest BCUT2D eigenvalue weighted by Gasteiger charge is 2.39. The van der Waals surface area contributed by atoms with Gasteiger partial charge in [0.15, 0.2) is 0 Å². The van der Waals surface area contributed by atoms with Crippen molar-refractivity contribution in [2.24, 2.45) is 0 Å². The molecular formula is C25H40F3N2P. The van der Waals surface area contributed by atoms with Gasteiger partial charge in [-0.25, -0.2) is 0 Å². The molecule has 1 aromatic carbocycles. The van der Waals surface area contributed by atoms with Crippen molar-refractivity contribution in [3.63, 3.8) is 0 Å². The summed E-state index contributed by atoms with van der Waals surface area (Å²) in [5, 5.41) is 0. The first-order valence-electron chi connectivity index (χ1n) is 12.1. The number of benzene rings is 1. The molecule has 1 aromatic rings. The molecular weight excluding hydrogens is 416 g/mol. The van der Waals surface area contributed by atoms with Crippen LogP contribution in [0.25, 0.3) is 0 Å². The summed E-state index contributed by atoms with van der Waals surface area (Å²) in [5.41, 5.74) is 2.06.